The topological polar surface area (TPSA) is 54.3 Å². The van der Waals surface area contributed by atoms with Crippen LogP contribution < -0.4 is 0 Å². The molecule has 0 amide bonds. The molecule has 0 aliphatic carbocycles. The van der Waals surface area contributed by atoms with E-state index in [1.165, 1.54) is 0 Å². The summed E-state index contributed by atoms with van der Waals surface area (Å²) in [6.45, 7) is 0. The van der Waals surface area contributed by atoms with Crippen molar-refractivity contribution in [2.75, 3.05) is 0 Å². The maximum atomic E-state index is 6.82. The van der Waals surface area contributed by atoms with Gasteiger partial charge in [-0.15, -0.1) is 5.10 Å². The molecule has 0 radical (unpaired) electrons. The molecule has 50 valence electrons. The Labute approximate surface area is 56.6 Å². The molecule has 0 aliphatic rings. The van der Waals surface area contributed by atoms with Gasteiger partial charge in [0.05, 0.1) is 6.21 Å². The molecule has 0 fully saturated rings. The average Bonchev–Trinajstić information content (AvgIpc) is 2.42. The highest BCUT2D eigenvalue weighted by molar-refractivity contribution is 5.70. The first-order valence-electron chi connectivity index (χ1n) is 2.85. The van der Waals surface area contributed by atoms with Gasteiger partial charge in [0.2, 0.25) is 5.71 Å². The fourth-order valence-corrected chi connectivity index (χ4v) is 0.812. The Bertz CT molecular complexity index is 331. The van der Waals surface area contributed by atoms with E-state index in [0.29, 0.717) is 11.6 Å². The summed E-state index contributed by atoms with van der Waals surface area (Å²) in [5.74, 6) is 0.329. The molecule has 10 heavy (non-hydrogen) atoms. The van der Waals surface area contributed by atoms with Crippen molar-refractivity contribution < 1.29 is 4.42 Å². The molecule has 0 saturated heterocycles. The van der Waals surface area contributed by atoms with Crippen LogP contribution in [0.1, 0.15) is 5.89 Å². The fourth-order valence-electron chi connectivity index (χ4n) is 0.812. The van der Waals surface area contributed by atoms with Gasteiger partial charge in [0.1, 0.15) is 0 Å². The van der Waals surface area contributed by atoms with Crippen molar-refractivity contribution in [2.24, 2.45) is 0 Å². The third-order valence-corrected chi connectivity index (χ3v) is 1.23. The molecule has 2 heterocycles. The number of nitrogens with one attached hydrogen (secondary N) is 1. The van der Waals surface area contributed by atoms with Crippen LogP contribution >= 0.6 is 0 Å². The molecule has 0 unspecified atom stereocenters. The highest BCUT2D eigenvalue weighted by atomic mass is 16.4. The second-order valence-electron chi connectivity index (χ2n) is 1.88. The van der Waals surface area contributed by atoms with E-state index in [1.807, 2.05) is 6.07 Å². The lowest BCUT2D eigenvalue weighted by atomic mass is 10.7. The van der Waals surface area contributed by atoms with Crippen LogP contribution in [-0.4, -0.2) is 15.8 Å². The average molecular weight is 135 g/mol. The van der Waals surface area contributed by atoms with Gasteiger partial charge < -0.3 is 9.83 Å². The summed E-state index contributed by atoms with van der Waals surface area (Å²) in [7, 11) is 0. The molecule has 0 spiro atoms. The summed E-state index contributed by atoms with van der Waals surface area (Å²) < 4.78 is 6.65. The molecule has 1 N–H and O–H groups in total. The van der Waals surface area contributed by atoms with Crippen LogP contribution in [0.2, 0.25) is 0 Å². The van der Waals surface area contributed by atoms with Gasteiger partial charge in [-0.3, -0.25) is 0 Å². The van der Waals surface area contributed by atoms with E-state index in [0.717, 1.165) is 6.21 Å². The Morgan fingerprint density at radius 1 is 1.70 bits per heavy atom. The standard InChI is InChI=1S/C6H5N3O/c7-4-5-8-9-3-1-2-6(9)10-5/h1-4,7H. The molecular weight excluding hydrogens is 130 g/mol. The summed E-state index contributed by atoms with van der Waals surface area (Å²) in [6.07, 6.45) is 2.85. The van der Waals surface area contributed by atoms with E-state index < -0.39 is 0 Å². The van der Waals surface area contributed by atoms with Gasteiger partial charge >= 0.3 is 0 Å². The summed E-state index contributed by atoms with van der Waals surface area (Å²) in [4.78, 5) is 0. The van der Waals surface area contributed by atoms with Gasteiger partial charge in [-0.1, -0.05) is 0 Å². The van der Waals surface area contributed by atoms with E-state index in [9.17, 15) is 0 Å². The van der Waals surface area contributed by atoms with Gasteiger partial charge in [-0.25, -0.2) is 4.52 Å². The van der Waals surface area contributed by atoms with Crippen LogP contribution in [0.15, 0.2) is 22.7 Å². The molecule has 0 bridgehead atoms. The van der Waals surface area contributed by atoms with Gasteiger partial charge in [-0.2, -0.15) is 0 Å². The minimum Gasteiger partial charge on any atom is -0.418 e. The van der Waals surface area contributed by atoms with Crippen molar-refractivity contribution in [1.29, 1.82) is 5.41 Å². The summed E-state index contributed by atoms with van der Waals surface area (Å²) in [5, 5.41) is 10.7. The van der Waals surface area contributed by atoms with Crippen LogP contribution in [0.3, 0.4) is 0 Å². The zero-order valence-corrected chi connectivity index (χ0v) is 5.11. The van der Waals surface area contributed by atoms with Gasteiger partial charge in [-0.05, 0) is 6.07 Å². The van der Waals surface area contributed by atoms with Crippen molar-refractivity contribution in [3.8, 4) is 0 Å². The first kappa shape index (κ1) is 5.22. The molecule has 2 rings (SSSR count). The van der Waals surface area contributed by atoms with Crippen LogP contribution in [0, 0.1) is 5.41 Å². The van der Waals surface area contributed by atoms with Gasteiger partial charge in [0, 0.05) is 12.3 Å². The lowest BCUT2D eigenvalue weighted by molar-refractivity contribution is 0.592. The van der Waals surface area contributed by atoms with Crippen molar-refractivity contribution >= 4 is 11.9 Å². The Balaban J connectivity index is 2.78. The summed E-state index contributed by atoms with van der Waals surface area (Å²) >= 11 is 0. The molecule has 2 aromatic rings. The Hall–Kier alpha value is -1.58. The highest BCUT2D eigenvalue weighted by Gasteiger charge is 1.99. The van der Waals surface area contributed by atoms with Crippen LogP contribution in [0.4, 0.5) is 0 Å². The molecule has 0 atom stereocenters. The van der Waals surface area contributed by atoms with Crippen LogP contribution in [-0.2, 0) is 0 Å². The maximum absolute atomic E-state index is 6.82. The van der Waals surface area contributed by atoms with Crippen molar-refractivity contribution in [3.05, 3.63) is 24.2 Å². The minimum atomic E-state index is 0.329. The van der Waals surface area contributed by atoms with Crippen LogP contribution in [0.25, 0.3) is 5.71 Å². The third kappa shape index (κ3) is 0.556. The first-order valence-corrected chi connectivity index (χ1v) is 2.85. The van der Waals surface area contributed by atoms with E-state index in [4.69, 9.17) is 9.83 Å². The molecule has 4 nitrogen and oxygen atoms in total. The van der Waals surface area contributed by atoms with E-state index in [-0.39, 0.29) is 0 Å². The van der Waals surface area contributed by atoms with Crippen molar-refractivity contribution in [1.82, 2.24) is 9.61 Å². The fraction of sp³-hybridized carbons (Fsp3) is 0. The number of hydrogen-bond donors (Lipinski definition) is 1. The van der Waals surface area contributed by atoms with E-state index >= 15 is 0 Å². The van der Waals surface area contributed by atoms with Gasteiger partial charge in [0.25, 0.3) is 5.89 Å². The quantitative estimate of drug-likeness (QED) is 0.591. The zero-order valence-electron chi connectivity index (χ0n) is 5.11. The second-order valence-corrected chi connectivity index (χ2v) is 1.88. The molecule has 4 heteroatoms. The Morgan fingerprint density at radius 3 is 3.30 bits per heavy atom. The molecular formula is C6H5N3O. The lowest BCUT2D eigenvalue weighted by Crippen LogP contribution is -1.82. The van der Waals surface area contributed by atoms with Crippen molar-refractivity contribution in [2.45, 2.75) is 0 Å². The largest absolute Gasteiger partial charge is 0.418 e. The normalized spacial score (nSPS) is 10.4. The molecule has 0 aromatic carbocycles. The smallest absolute Gasteiger partial charge is 0.256 e. The lowest BCUT2D eigenvalue weighted by Gasteiger charge is -1.71. The SMILES string of the molecule is N=Cc1nn2cccc2o1. The minimum absolute atomic E-state index is 0.329. The number of hydrogen-bond acceptors (Lipinski definition) is 3. The van der Waals surface area contributed by atoms with Crippen molar-refractivity contribution in [3.63, 3.8) is 0 Å². The number of nitrogens with zero attached hydrogens (tertiary/aromatic N) is 2. The molecule has 0 saturated carbocycles. The first-order chi connectivity index (χ1) is 4.90. The van der Waals surface area contributed by atoms with Gasteiger partial charge in [0.15, 0.2) is 0 Å². The monoisotopic (exact) mass is 135 g/mol. The number of fused-ring (bicyclic) bond motifs is 1. The van der Waals surface area contributed by atoms with Crippen LogP contribution in [0.5, 0.6) is 0 Å². The molecule has 0 aliphatic heterocycles. The predicted octanol–water partition coefficient (Wildman–Crippen LogP) is 0.925. The molecule has 2 aromatic heterocycles. The summed E-state index contributed by atoms with van der Waals surface area (Å²) in [5.41, 5.74) is 0.665. The third-order valence-electron chi connectivity index (χ3n) is 1.23. The Morgan fingerprint density at radius 2 is 2.60 bits per heavy atom. The van der Waals surface area contributed by atoms with E-state index in [1.54, 1.807) is 16.8 Å². The number of rotatable bonds is 1. The van der Waals surface area contributed by atoms with E-state index in [2.05, 4.69) is 5.10 Å². The highest BCUT2D eigenvalue weighted by Crippen LogP contribution is 2.03. The predicted molar refractivity (Wildman–Crippen MR) is 35.3 cm³/mol. The summed E-state index contributed by atoms with van der Waals surface area (Å²) in [6, 6.07) is 3.62. The zero-order chi connectivity index (χ0) is 6.97. The maximum Gasteiger partial charge on any atom is 0.256 e. The second kappa shape index (κ2) is 1.70. The Kier molecular flexibility index (Phi) is 0.887. The number of aromatic nitrogens is 2.